The molecule has 3 rings (SSSR count). The Morgan fingerprint density at radius 1 is 1.37 bits per heavy atom. The van der Waals surface area contributed by atoms with Crippen molar-refractivity contribution in [3.8, 4) is 5.75 Å². The molecule has 0 bridgehead atoms. The number of aliphatic imine (C=N–C) groups is 1. The molecule has 2 aliphatic heterocycles. The Morgan fingerprint density at radius 2 is 2.26 bits per heavy atom. The van der Waals surface area contributed by atoms with Crippen molar-refractivity contribution in [2.45, 2.75) is 0 Å². The quantitative estimate of drug-likeness (QED) is 0.838. The third-order valence-corrected chi connectivity index (χ3v) is 3.56. The van der Waals surface area contributed by atoms with Crippen molar-refractivity contribution < 1.29 is 9.53 Å². The first-order chi connectivity index (χ1) is 9.33. The molecule has 2 heterocycles. The van der Waals surface area contributed by atoms with Gasteiger partial charge in [0.15, 0.2) is 5.17 Å². The molecule has 1 aromatic carbocycles. The van der Waals surface area contributed by atoms with E-state index in [2.05, 4.69) is 20.8 Å². The number of nitrogens with one attached hydrogen (secondary N) is 2. The van der Waals surface area contributed by atoms with E-state index in [0.717, 1.165) is 18.3 Å². The van der Waals surface area contributed by atoms with Crippen LogP contribution in [0.15, 0.2) is 34.4 Å². The van der Waals surface area contributed by atoms with Crippen molar-refractivity contribution in [1.82, 2.24) is 10.7 Å². The van der Waals surface area contributed by atoms with E-state index in [4.69, 9.17) is 4.74 Å². The average Bonchev–Trinajstić information content (AvgIpc) is 2.89. The highest BCUT2D eigenvalue weighted by Crippen LogP contribution is 2.20. The number of thioether (sulfide) groups is 1. The van der Waals surface area contributed by atoms with Crippen molar-refractivity contribution in [2.75, 3.05) is 18.8 Å². The Hall–Kier alpha value is -2.02. The van der Waals surface area contributed by atoms with E-state index in [-0.39, 0.29) is 5.91 Å². The zero-order valence-corrected chi connectivity index (χ0v) is 10.9. The van der Waals surface area contributed by atoms with E-state index >= 15 is 0 Å². The van der Waals surface area contributed by atoms with Crippen molar-refractivity contribution >= 4 is 28.7 Å². The molecule has 0 radical (unpaired) electrons. The van der Waals surface area contributed by atoms with Crippen LogP contribution >= 0.6 is 11.8 Å². The first-order valence-electron chi connectivity index (χ1n) is 5.88. The second kappa shape index (κ2) is 5.31. The second-order valence-corrected chi connectivity index (χ2v) is 4.91. The molecule has 1 aromatic rings. The number of amidine groups is 1. The molecule has 0 unspecified atom stereocenters. The molecule has 0 atom stereocenters. The number of ether oxygens (including phenoxy) is 1. The van der Waals surface area contributed by atoms with Gasteiger partial charge >= 0.3 is 0 Å². The molecule has 0 aromatic heterocycles. The lowest BCUT2D eigenvalue weighted by Gasteiger charge is -2.07. The standard InChI is InChI=1S/C12H12N4O2S/c17-11-8-3-1-2-4-9(8)18-10(15-16-11)7-19-12-13-5-6-14-12/h1-4H,5-7H2,(H,13,14)(H,16,17). The van der Waals surface area contributed by atoms with Gasteiger partial charge in [0, 0.05) is 6.54 Å². The van der Waals surface area contributed by atoms with Crippen LogP contribution in [0.2, 0.25) is 0 Å². The molecule has 19 heavy (non-hydrogen) atoms. The summed E-state index contributed by atoms with van der Waals surface area (Å²) >= 11 is 1.51. The van der Waals surface area contributed by atoms with E-state index in [9.17, 15) is 4.79 Å². The highest BCUT2D eigenvalue weighted by Gasteiger charge is 2.18. The summed E-state index contributed by atoms with van der Waals surface area (Å²) in [5.41, 5.74) is 2.97. The van der Waals surface area contributed by atoms with Gasteiger partial charge in [0.1, 0.15) is 5.75 Å². The summed E-state index contributed by atoms with van der Waals surface area (Å²) in [6, 6.07) is 7.08. The minimum atomic E-state index is -0.257. The van der Waals surface area contributed by atoms with Crippen LogP contribution in [0, 0.1) is 0 Å². The van der Waals surface area contributed by atoms with Gasteiger partial charge in [-0.2, -0.15) is 0 Å². The van der Waals surface area contributed by atoms with Crippen LogP contribution in [0.1, 0.15) is 10.4 Å². The normalized spacial score (nSPS) is 17.4. The van der Waals surface area contributed by atoms with Gasteiger partial charge in [-0.25, -0.2) is 5.43 Å². The Kier molecular flexibility index (Phi) is 3.37. The highest BCUT2D eigenvalue weighted by atomic mass is 32.2. The molecule has 98 valence electrons. The van der Waals surface area contributed by atoms with Gasteiger partial charge in [-0.3, -0.25) is 9.79 Å². The molecule has 0 saturated carbocycles. The summed E-state index contributed by atoms with van der Waals surface area (Å²) in [6.45, 7) is 1.67. The molecule has 0 fully saturated rings. The first-order valence-corrected chi connectivity index (χ1v) is 6.86. The lowest BCUT2D eigenvalue weighted by Crippen LogP contribution is -2.21. The number of amides is 1. The lowest BCUT2D eigenvalue weighted by atomic mass is 10.2. The molecular weight excluding hydrogens is 264 g/mol. The maximum atomic E-state index is 11.8. The Morgan fingerprint density at radius 3 is 3.11 bits per heavy atom. The van der Waals surface area contributed by atoms with E-state index < -0.39 is 0 Å². The summed E-state index contributed by atoms with van der Waals surface area (Å²) in [6.07, 6.45) is 0. The smallest absolute Gasteiger partial charge is 0.275 e. The largest absolute Gasteiger partial charge is 0.440 e. The van der Waals surface area contributed by atoms with Gasteiger partial charge in [0.05, 0.1) is 17.9 Å². The van der Waals surface area contributed by atoms with Crippen LogP contribution in [0.4, 0.5) is 0 Å². The van der Waals surface area contributed by atoms with Crippen LogP contribution in [-0.4, -0.2) is 35.8 Å². The Labute approximate surface area is 114 Å². The summed E-state index contributed by atoms with van der Waals surface area (Å²) in [7, 11) is 0. The molecule has 2 aliphatic rings. The SMILES string of the molecule is O=C1NN=C(CSC2=NCCN2)Oc2ccccc21. The van der Waals surface area contributed by atoms with Gasteiger partial charge in [0.2, 0.25) is 5.90 Å². The monoisotopic (exact) mass is 276 g/mol. The van der Waals surface area contributed by atoms with Crippen LogP contribution in [0.3, 0.4) is 0 Å². The fourth-order valence-electron chi connectivity index (χ4n) is 1.73. The second-order valence-electron chi connectivity index (χ2n) is 3.95. The molecule has 1 amide bonds. The molecule has 0 saturated heterocycles. The Balaban J connectivity index is 1.72. The molecule has 2 N–H and O–H groups in total. The van der Waals surface area contributed by atoms with Gasteiger partial charge in [-0.05, 0) is 12.1 Å². The first kappa shape index (κ1) is 12.0. The van der Waals surface area contributed by atoms with E-state index in [0.29, 0.717) is 23.0 Å². The van der Waals surface area contributed by atoms with Gasteiger partial charge < -0.3 is 10.1 Å². The zero-order chi connectivity index (χ0) is 13.1. The number of nitrogens with zero attached hydrogens (tertiary/aromatic N) is 2. The number of carbonyl (C=O) groups excluding carboxylic acids is 1. The molecule has 6 nitrogen and oxygen atoms in total. The summed E-state index contributed by atoms with van der Waals surface area (Å²) in [4.78, 5) is 16.0. The van der Waals surface area contributed by atoms with Crippen LogP contribution in [-0.2, 0) is 0 Å². The van der Waals surface area contributed by atoms with Crippen molar-refractivity contribution in [3.05, 3.63) is 29.8 Å². The van der Waals surface area contributed by atoms with Crippen molar-refractivity contribution in [1.29, 1.82) is 0 Å². The van der Waals surface area contributed by atoms with Crippen LogP contribution in [0.5, 0.6) is 5.75 Å². The highest BCUT2D eigenvalue weighted by molar-refractivity contribution is 8.14. The van der Waals surface area contributed by atoms with E-state index in [1.165, 1.54) is 11.8 Å². The summed E-state index contributed by atoms with van der Waals surface area (Å²) < 4.78 is 5.65. The maximum Gasteiger partial charge on any atom is 0.275 e. The lowest BCUT2D eigenvalue weighted by molar-refractivity contribution is 0.0955. The molecule has 0 spiro atoms. The minimum Gasteiger partial charge on any atom is -0.440 e. The maximum absolute atomic E-state index is 11.8. The number of hydrogen-bond acceptors (Lipinski definition) is 6. The molecular formula is C12H12N4O2S. The van der Waals surface area contributed by atoms with Gasteiger partial charge in [0.25, 0.3) is 5.91 Å². The van der Waals surface area contributed by atoms with Crippen LogP contribution in [0.25, 0.3) is 0 Å². The topological polar surface area (TPSA) is 75.1 Å². The molecule has 0 aliphatic carbocycles. The van der Waals surface area contributed by atoms with Crippen molar-refractivity contribution in [3.63, 3.8) is 0 Å². The number of rotatable bonds is 2. The third-order valence-electron chi connectivity index (χ3n) is 2.62. The minimum absolute atomic E-state index is 0.257. The van der Waals surface area contributed by atoms with Gasteiger partial charge in [-0.1, -0.05) is 23.9 Å². The number of fused-ring (bicyclic) bond motifs is 1. The van der Waals surface area contributed by atoms with Crippen molar-refractivity contribution in [2.24, 2.45) is 10.1 Å². The number of para-hydroxylation sites is 1. The number of benzene rings is 1. The van der Waals surface area contributed by atoms with E-state index in [1.54, 1.807) is 18.2 Å². The average molecular weight is 276 g/mol. The predicted octanol–water partition coefficient (Wildman–Crippen LogP) is 0.815. The van der Waals surface area contributed by atoms with Crippen LogP contribution < -0.4 is 15.5 Å². The Bertz CT molecular complexity index is 571. The fourth-order valence-corrected chi connectivity index (χ4v) is 2.50. The zero-order valence-electron chi connectivity index (χ0n) is 10.0. The predicted molar refractivity (Wildman–Crippen MR) is 74.7 cm³/mol. The molecule has 7 heteroatoms. The summed E-state index contributed by atoms with van der Waals surface area (Å²) in [5.74, 6) is 1.24. The number of hydrogen-bond donors (Lipinski definition) is 2. The third kappa shape index (κ3) is 2.70. The fraction of sp³-hybridized carbons (Fsp3) is 0.250. The number of hydrazone groups is 1. The number of carbonyl (C=O) groups is 1. The van der Waals surface area contributed by atoms with Gasteiger partial charge in [-0.15, -0.1) is 5.10 Å². The summed E-state index contributed by atoms with van der Waals surface area (Å²) in [5, 5.41) is 8.01. The van der Waals surface area contributed by atoms with E-state index in [1.807, 2.05) is 6.07 Å².